The molecule has 0 amide bonds. The Morgan fingerprint density at radius 3 is 2.79 bits per heavy atom. The highest BCUT2D eigenvalue weighted by molar-refractivity contribution is 9.11. The van der Waals surface area contributed by atoms with E-state index >= 15 is 0 Å². The maximum Gasteiger partial charge on any atom is 0.0984 e. The molecule has 0 saturated heterocycles. The van der Waals surface area contributed by atoms with Crippen LogP contribution < -0.4 is 11.3 Å². The van der Waals surface area contributed by atoms with Crippen LogP contribution in [0.1, 0.15) is 16.6 Å². The summed E-state index contributed by atoms with van der Waals surface area (Å²) in [5, 5.41) is 1.95. The third kappa shape index (κ3) is 2.04. The second-order valence-corrected chi connectivity index (χ2v) is 5.83. The minimum absolute atomic E-state index is 0.00227. The third-order valence-electron chi connectivity index (χ3n) is 1.80. The molecule has 0 fully saturated rings. The molecule has 0 aliphatic heterocycles. The molecular weight excluding hydrogens is 282 g/mol. The number of halogens is 1. The average molecular weight is 290 g/mol. The van der Waals surface area contributed by atoms with Gasteiger partial charge in [-0.3, -0.25) is 5.84 Å². The molecule has 2 heterocycles. The average Bonchev–Trinajstić information content (AvgIpc) is 2.79. The quantitative estimate of drug-likeness (QED) is 0.674. The minimum Gasteiger partial charge on any atom is -0.270 e. The van der Waals surface area contributed by atoms with Crippen LogP contribution in [-0.2, 0) is 0 Å². The van der Waals surface area contributed by atoms with Crippen LogP contribution in [0, 0.1) is 0 Å². The smallest absolute Gasteiger partial charge is 0.0984 e. The lowest BCUT2D eigenvalue weighted by Gasteiger charge is -2.10. The van der Waals surface area contributed by atoms with E-state index in [-0.39, 0.29) is 6.04 Å². The van der Waals surface area contributed by atoms with E-state index in [2.05, 4.69) is 25.7 Å². The summed E-state index contributed by atoms with van der Waals surface area (Å²) in [5.41, 5.74) is 3.73. The van der Waals surface area contributed by atoms with Crippen LogP contribution >= 0.6 is 38.8 Å². The number of nitrogens with two attached hydrogens (primary N) is 1. The molecule has 3 nitrogen and oxygen atoms in total. The number of aromatic nitrogens is 1. The van der Waals surface area contributed by atoms with Crippen molar-refractivity contribution in [3.8, 4) is 0 Å². The Labute approximate surface area is 98.2 Å². The van der Waals surface area contributed by atoms with E-state index < -0.39 is 0 Å². The topological polar surface area (TPSA) is 50.9 Å². The van der Waals surface area contributed by atoms with Crippen molar-refractivity contribution in [2.75, 3.05) is 0 Å². The molecule has 0 saturated carbocycles. The summed E-state index contributed by atoms with van der Waals surface area (Å²) in [4.78, 5) is 1.16. The standard InChI is InChI=1S/C8H8BrN3S2/c9-7-2-1-6(14-7)8(11-10)5-3-4-13-12-5/h1-4,8,11H,10H2. The largest absolute Gasteiger partial charge is 0.270 e. The number of rotatable bonds is 3. The van der Waals surface area contributed by atoms with E-state index in [1.165, 1.54) is 11.5 Å². The SMILES string of the molecule is NNC(c1ccsn1)c1ccc(Br)s1. The fourth-order valence-electron chi connectivity index (χ4n) is 1.17. The lowest BCUT2D eigenvalue weighted by atomic mass is 10.2. The van der Waals surface area contributed by atoms with Crippen LogP contribution in [0.3, 0.4) is 0 Å². The van der Waals surface area contributed by atoms with E-state index in [9.17, 15) is 0 Å². The van der Waals surface area contributed by atoms with Crippen LogP contribution in [0.15, 0.2) is 27.4 Å². The first kappa shape index (κ1) is 10.3. The van der Waals surface area contributed by atoms with Gasteiger partial charge in [0.2, 0.25) is 0 Å². The molecule has 1 atom stereocenters. The van der Waals surface area contributed by atoms with Crippen molar-refractivity contribution in [2.45, 2.75) is 6.04 Å². The molecule has 0 aliphatic rings. The van der Waals surface area contributed by atoms with E-state index in [0.29, 0.717) is 0 Å². The molecule has 6 heteroatoms. The molecule has 74 valence electrons. The molecule has 0 aliphatic carbocycles. The molecule has 0 radical (unpaired) electrons. The van der Waals surface area contributed by atoms with E-state index in [1.807, 2.05) is 23.6 Å². The van der Waals surface area contributed by atoms with Crippen LogP contribution in [-0.4, -0.2) is 4.37 Å². The summed E-state index contributed by atoms with van der Waals surface area (Å²) in [5.74, 6) is 5.51. The monoisotopic (exact) mass is 289 g/mol. The summed E-state index contributed by atoms with van der Waals surface area (Å²) < 4.78 is 5.36. The maximum atomic E-state index is 5.51. The van der Waals surface area contributed by atoms with Gasteiger partial charge in [-0.25, -0.2) is 5.43 Å². The highest BCUT2D eigenvalue weighted by Crippen LogP contribution is 2.30. The van der Waals surface area contributed by atoms with Crippen molar-refractivity contribution in [1.82, 2.24) is 9.80 Å². The number of hydrogen-bond acceptors (Lipinski definition) is 5. The number of hydrazine groups is 1. The summed E-state index contributed by atoms with van der Waals surface area (Å²) >= 11 is 6.51. The molecule has 2 rings (SSSR count). The summed E-state index contributed by atoms with van der Waals surface area (Å²) in [6, 6.07) is 6.02. The zero-order valence-corrected chi connectivity index (χ0v) is 10.3. The first-order valence-electron chi connectivity index (χ1n) is 3.93. The van der Waals surface area contributed by atoms with E-state index in [1.54, 1.807) is 11.3 Å². The molecule has 1 unspecified atom stereocenters. The third-order valence-corrected chi connectivity index (χ3v) is 4.06. The number of thiophene rings is 1. The zero-order valence-electron chi connectivity index (χ0n) is 7.11. The van der Waals surface area contributed by atoms with Gasteiger partial charge < -0.3 is 0 Å². The number of nitrogens with one attached hydrogen (secondary N) is 1. The lowest BCUT2D eigenvalue weighted by Crippen LogP contribution is -2.28. The highest BCUT2D eigenvalue weighted by Gasteiger charge is 2.15. The summed E-state index contributed by atoms with van der Waals surface area (Å²) in [6.45, 7) is 0. The second-order valence-electron chi connectivity index (χ2n) is 2.67. The molecule has 0 spiro atoms. The first-order chi connectivity index (χ1) is 6.81. The molecule has 2 aromatic rings. The predicted molar refractivity (Wildman–Crippen MR) is 63.3 cm³/mol. The Bertz CT molecular complexity index is 398. The van der Waals surface area contributed by atoms with Crippen molar-refractivity contribution in [2.24, 2.45) is 5.84 Å². The van der Waals surface area contributed by atoms with Gasteiger partial charge in [0.05, 0.1) is 15.5 Å². The predicted octanol–water partition coefficient (Wildman–Crippen LogP) is 2.52. The minimum atomic E-state index is -0.00227. The molecule has 14 heavy (non-hydrogen) atoms. The fourth-order valence-corrected chi connectivity index (χ4v) is 3.21. The molecule has 0 bridgehead atoms. The van der Waals surface area contributed by atoms with Gasteiger partial charge in [-0.2, -0.15) is 4.37 Å². The summed E-state index contributed by atoms with van der Waals surface area (Å²) in [6.07, 6.45) is 0. The van der Waals surface area contributed by atoms with Gasteiger partial charge in [-0.05, 0) is 45.7 Å². The molecule has 0 aromatic carbocycles. The molecule has 2 aromatic heterocycles. The van der Waals surface area contributed by atoms with Crippen molar-refractivity contribution < 1.29 is 0 Å². The van der Waals surface area contributed by atoms with Crippen LogP contribution in [0.2, 0.25) is 0 Å². The van der Waals surface area contributed by atoms with Crippen molar-refractivity contribution in [3.63, 3.8) is 0 Å². The van der Waals surface area contributed by atoms with Gasteiger partial charge in [0.25, 0.3) is 0 Å². The highest BCUT2D eigenvalue weighted by atomic mass is 79.9. The van der Waals surface area contributed by atoms with Gasteiger partial charge in [-0.1, -0.05) is 0 Å². The van der Waals surface area contributed by atoms with Crippen LogP contribution in [0.5, 0.6) is 0 Å². The van der Waals surface area contributed by atoms with Crippen molar-refractivity contribution >= 4 is 38.8 Å². The Hall–Kier alpha value is -0.270. The van der Waals surface area contributed by atoms with E-state index in [0.717, 1.165) is 14.4 Å². The number of hydrogen-bond donors (Lipinski definition) is 2. The number of nitrogens with zero attached hydrogens (tertiary/aromatic N) is 1. The van der Waals surface area contributed by atoms with Crippen molar-refractivity contribution in [3.05, 3.63) is 37.9 Å². The molecular formula is C8H8BrN3S2. The van der Waals surface area contributed by atoms with E-state index in [4.69, 9.17) is 5.84 Å². The van der Waals surface area contributed by atoms with Gasteiger partial charge in [-0.15, -0.1) is 11.3 Å². The Morgan fingerprint density at radius 2 is 2.29 bits per heavy atom. The van der Waals surface area contributed by atoms with Gasteiger partial charge in [0.15, 0.2) is 0 Å². The fraction of sp³-hybridized carbons (Fsp3) is 0.125. The Balaban J connectivity index is 2.31. The van der Waals surface area contributed by atoms with Gasteiger partial charge in [0.1, 0.15) is 0 Å². The maximum absolute atomic E-state index is 5.51. The zero-order chi connectivity index (χ0) is 9.97. The lowest BCUT2D eigenvalue weighted by molar-refractivity contribution is 0.636. The Morgan fingerprint density at radius 1 is 1.43 bits per heavy atom. The first-order valence-corrected chi connectivity index (χ1v) is 6.37. The Kier molecular flexibility index (Phi) is 3.30. The molecule has 3 N–H and O–H groups in total. The van der Waals surface area contributed by atoms with Crippen LogP contribution in [0.25, 0.3) is 0 Å². The second kappa shape index (κ2) is 4.50. The summed E-state index contributed by atoms with van der Waals surface area (Å²) in [7, 11) is 0. The van der Waals surface area contributed by atoms with Crippen molar-refractivity contribution in [1.29, 1.82) is 0 Å². The normalized spacial score (nSPS) is 13.0. The van der Waals surface area contributed by atoms with Gasteiger partial charge in [0, 0.05) is 10.3 Å². The van der Waals surface area contributed by atoms with Gasteiger partial charge >= 0.3 is 0 Å². The van der Waals surface area contributed by atoms with Crippen LogP contribution in [0.4, 0.5) is 0 Å².